The summed E-state index contributed by atoms with van der Waals surface area (Å²) in [6.07, 6.45) is 6.67. The highest BCUT2D eigenvalue weighted by Crippen LogP contribution is 2.37. The summed E-state index contributed by atoms with van der Waals surface area (Å²) in [7, 11) is 0. The zero-order valence-electron chi connectivity index (χ0n) is 10.1. The Bertz CT molecular complexity index is 533. The highest BCUT2D eigenvalue weighted by molar-refractivity contribution is 5.38. The van der Waals surface area contributed by atoms with Crippen LogP contribution in [-0.4, -0.2) is 20.6 Å². The molecule has 2 aromatic heterocycles. The maximum absolute atomic E-state index is 6.31. The quantitative estimate of drug-likeness (QED) is 0.814. The highest BCUT2D eigenvalue weighted by Gasteiger charge is 2.39. The van der Waals surface area contributed by atoms with E-state index in [4.69, 9.17) is 5.73 Å². The van der Waals surface area contributed by atoms with Crippen molar-refractivity contribution in [3.8, 4) is 0 Å². The van der Waals surface area contributed by atoms with Crippen LogP contribution < -0.4 is 5.73 Å². The fourth-order valence-electron chi connectivity index (χ4n) is 2.87. The molecule has 2 heterocycles. The molecule has 0 radical (unpaired) electrons. The van der Waals surface area contributed by atoms with Crippen molar-refractivity contribution in [2.24, 2.45) is 5.73 Å². The topological polar surface area (TPSA) is 56.2 Å². The second kappa shape index (κ2) is 3.81. The average Bonchev–Trinajstić information content (AvgIpc) is 2.77. The Morgan fingerprint density at radius 3 is 3.06 bits per heavy atom. The van der Waals surface area contributed by atoms with E-state index < -0.39 is 0 Å². The molecule has 0 bridgehead atoms. The molecule has 0 spiro atoms. The molecule has 3 rings (SSSR count). The molecule has 90 valence electrons. The Hall–Kier alpha value is -1.42. The van der Waals surface area contributed by atoms with Crippen molar-refractivity contribution in [3.05, 3.63) is 30.2 Å². The Kier molecular flexibility index (Phi) is 2.40. The van der Waals surface area contributed by atoms with Crippen molar-refractivity contribution >= 4 is 5.65 Å². The molecule has 0 amide bonds. The molecule has 17 heavy (non-hydrogen) atoms. The normalized spacial score (nSPS) is 29.6. The molecule has 4 heteroatoms. The van der Waals surface area contributed by atoms with Gasteiger partial charge in [-0.15, -0.1) is 10.2 Å². The standard InChI is InChI=1S/C13H18N4/c1-13(8-4-2-6-10(13)14)12-16-15-11-7-3-5-9-17(11)12/h3,5,7,9-10H,2,4,6,8,14H2,1H3. The highest BCUT2D eigenvalue weighted by atomic mass is 15.3. The number of nitrogens with two attached hydrogens (primary N) is 1. The van der Waals surface area contributed by atoms with Crippen LogP contribution in [0.2, 0.25) is 0 Å². The monoisotopic (exact) mass is 230 g/mol. The van der Waals surface area contributed by atoms with E-state index in [-0.39, 0.29) is 11.5 Å². The predicted octanol–water partition coefficient (Wildman–Crippen LogP) is 1.89. The zero-order chi connectivity index (χ0) is 11.9. The smallest absolute Gasteiger partial charge is 0.160 e. The number of hydrogen-bond acceptors (Lipinski definition) is 3. The minimum Gasteiger partial charge on any atom is -0.327 e. The van der Waals surface area contributed by atoms with Gasteiger partial charge in [0, 0.05) is 17.7 Å². The molecular formula is C13H18N4. The summed E-state index contributed by atoms with van der Waals surface area (Å²) < 4.78 is 2.07. The first-order chi connectivity index (χ1) is 8.22. The predicted molar refractivity (Wildman–Crippen MR) is 66.8 cm³/mol. The lowest BCUT2D eigenvalue weighted by atomic mass is 9.71. The molecule has 0 saturated heterocycles. The summed E-state index contributed by atoms with van der Waals surface area (Å²) in [6.45, 7) is 2.22. The van der Waals surface area contributed by atoms with E-state index in [0.29, 0.717) is 0 Å². The molecule has 1 fully saturated rings. The molecule has 0 aromatic carbocycles. The first kappa shape index (κ1) is 10.7. The van der Waals surface area contributed by atoms with Gasteiger partial charge in [-0.05, 0) is 25.0 Å². The first-order valence-electron chi connectivity index (χ1n) is 6.28. The van der Waals surface area contributed by atoms with Crippen molar-refractivity contribution in [1.29, 1.82) is 0 Å². The number of hydrogen-bond donors (Lipinski definition) is 1. The minimum absolute atomic E-state index is 0.0426. The van der Waals surface area contributed by atoms with Crippen LogP contribution in [0.3, 0.4) is 0 Å². The Balaban J connectivity index is 2.13. The van der Waals surface area contributed by atoms with Gasteiger partial charge in [0.1, 0.15) is 5.82 Å². The van der Waals surface area contributed by atoms with E-state index in [1.165, 1.54) is 12.8 Å². The number of pyridine rings is 1. The van der Waals surface area contributed by atoms with Crippen LogP contribution in [0, 0.1) is 0 Å². The molecule has 2 atom stereocenters. The summed E-state index contributed by atoms with van der Waals surface area (Å²) in [5.41, 5.74) is 7.18. The fourth-order valence-corrected chi connectivity index (χ4v) is 2.87. The van der Waals surface area contributed by atoms with Gasteiger partial charge in [-0.2, -0.15) is 0 Å². The summed E-state index contributed by atoms with van der Waals surface area (Å²) in [6, 6.07) is 6.16. The summed E-state index contributed by atoms with van der Waals surface area (Å²) in [5.74, 6) is 1.01. The lowest BCUT2D eigenvalue weighted by Gasteiger charge is -2.37. The van der Waals surface area contributed by atoms with Gasteiger partial charge >= 0.3 is 0 Å². The van der Waals surface area contributed by atoms with Crippen LogP contribution >= 0.6 is 0 Å². The molecule has 1 saturated carbocycles. The van der Waals surface area contributed by atoms with Crippen molar-refractivity contribution < 1.29 is 0 Å². The van der Waals surface area contributed by atoms with Gasteiger partial charge in [0.25, 0.3) is 0 Å². The van der Waals surface area contributed by atoms with Crippen LogP contribution in [0.15, 0.2) is 24.4 Å². The second-order valence-electron chi connectivity index (χ2n) is 5.22. The third-order valence-electron chi connectivity index (χ3n) is 4.10. The second-order valence-corrected chi connectivity index (χ2v) is 5.22. The fraction of sp³-hybridized carbons (Fsp3) is 0.538. The lowest BCUT2D eigenvalue weighted by Crippen LogP contribution is -2.46. The molecule has 2 N–H and O–H groups in total. The summed E-state index contributed by atoms with van der Waals surface area (Å²) in [5, 5.41) is 8.61. The van der Waals surface area contributed by atoms with E-state index in [9.17, 15) is 0 Å². The van der Waals surface area contributed by atoms with Gasteiger partial charge in [0.05, 0.1) is 0 Å². The van der Waals surface area contributed by atoms with E-state index in [1.54, 1.807) is 0 Å². The SMILES string of the molecule is CC1(c2nnc3ccccn23)CCCCC1N. The van der Waals surface area contributed by atoms with Crippen LogP contribution in [-0.2, 0) is 5.41 Å². The maximum Gasteiger partial charge on any atom is 0.160 e. The summed E-state index contributed by atoms with van der Waals surface area (Å²) >= 11 is 0. The number of nitrogens with zero attached hydrogens (tertiary/aromatic N) is 3. The van der Waals surface area contributed by atoms with Gasteiger partial charge < -0.3 is 5.73 Å². The van der Waals surface area contributed by atoms with E-state index in [0.717, 1.165) is 24.3 Å². The van der Waals surface area contributed by atoms with Gasteiger partial charge in [-0.1, -0.05) is 25.8 Å². The van der Waals surface area contributed by atoms with Crippen LogP contribution in [0.4, 0.5) is 0 Å². The molecule has 0 aliphatic heterocycles. The van der Waals surface area contributed by atoms with E-state index in [2.05, 4.69) is 21.5 Å². The Morgan fingerprint density at radius 1 is 1.35 bits per heavy atom. The third kappa shape index (κ3) is 1.55. The van der Waals surface area contributed by atoms with Gasteiger partial charge in [0.2, 0.25) is 0 Å². The van der Waals surface area contributed by atoms with Crippen molar-refractivity contribution in [3.63, 3.8) is 0 Å². The number of rotatable bonds is 1. The molecule has 2 unspecified atom stereocenters. The van der Waals surface area contributed by atoms with Crippen molar-refractivity contribution in [2.45, 2.75) is 44.1 Å². The van der Waals surface area contributed by atoms with Gasteiger partial charge in [-0.25, -0.2) is 0 Å². The molecular weight excluding hydrogens is 212 g/mol. The zero-order valence-corrected chi connectivity index (χ0v) is 10.1. The van der Waals surface area contributed by atoms with E-state index in [1.807, 2.05) is 24.4 Å². The molecule has 1 aliphatic carbocycles. The molecule has 4 nitrogen and oxygen atoms in total. The lowest BCUT2D eigenvalue weighted by molar-refractivity contribution is 0.257. The third-order valence-corrected chi connectivity index (χ3v) is 4.10. The van der Waals surface area contributed by atoms with Crippen LogP contribution in [0.25, 0.3) is 5.65 Å². The minimum atomic E-state index is -0.0426. The van der Waals surface area contributed by atoms with Crippen LogP contribution in [0.1, 0.15) is 38.4 Å². The van der Waals surface area contributed by atoms with Crippen LogP contribution in [0.5, 0.6) is 0 Å². The summed E-state index contributed by atoms with van der Waals surface area (Å²) in [4.78, 5) is 0. The largest absolute Gasteiger partial charge is 0.327 e. The molecule has 1 aliphatic rings. The number of fused-ring (bicyclic) bond motifs is 1. The first-order valence-corrected chi connectivity index (χ1v) is 6.28. The maximum atomic E-state index is 6.31. The Labute approximate surface area is 101 Å². The molecule has 2 aromatic rings. The van der Waals surface area contributed by atoms with E-state index >= 15 is 0 Å². The number of aromatic nitrogens is 3. The van der Waals surface area contributed by atoms with Gasteiger partial charge in [0.15, 0.2) is 5.65 Å². The average molecular weight is 230 g/mol. The van der Waals surface area contributed by atoms with Gasteiger partial charge in [-0.3, -0.25) is 4.40 Å². The van der Waals surface area contributed by atoms with Crippen molar-refractivity contribution in [1.82, 2.24) is 14.6 Å². The Morgan fingerprint density at radius 2 is 2.24 bits per heavy atom. The van der Waals surface area contributed by atoms with Crippen molar-refractivity contribution in [2.75, 3.05) is 0 Å².